The highest BCUT2D eigenvalue weighted by molar-refractivity contribution is 5.94. The Bertz CT molecular complexity index is 502. The van der Waals surface area contributed by atoms with Crippen molar-refractivity contribution in [1.29, 1.82) is 0 Å². The Hall–Kier alpha value is -1.49. The molecule has 19 heavy (non-hydrogen) atoms. The summed E-state index contributed by atoms with van der Waals surface area (Å²) in [4.78, 5) is 14.3. The monoisotopic (exact) mass is 266 g/mol. The van der Waals surface area contributed by atoms with E-state index in [2.05, 4.69) is 10.2 Å². The number of likely N-dealkylation sites (tertiary alicyclic amines) is 1. The van der Waals surface area contributed by atoms with Crippen molar-refractivity contribution >= 4 is 5.91 Å². The van der Waals surface area contributed by atoms with Gasteiger partial charge in [-0.25, -0.2) is 8.78 Å². The molecule has 5 heteroatoms. The second kappa shape index (κ2) is 4.89. The van der Waals surface area contributed by atoms with E-state index in [0.29, 0.717) is 6.04 Å². The molecule has 1 unspecified atom stereocenters. The van der Waals surface area contributed by atoms with Gasteiger partial charge in [0.2, 0.25) is 0 Å². The van der Waals surface area contributed by atoms with Gasteiger partial charge in [0.1, 0.15) is 11.6 Å². The van der Waals surface area contributed by atoms with Crippen LogP contribution in [0.4, 0.5) is 8.78 Å². The molecule has 1 saturated heterocycles. The molecular weight excluding hydrogens is 250 g/mol. The van der Waals surface area contributed by atoms with E-state index in [4.69, 9.17) is 0 Å². The molecular formula is C14H16F2N2O. The first-order valence-electron chi connectivity index (χ1n) is 6.63. The molecule has 3 nitrogen and oxygen atoms in total. The van der Waals surface area contributed by atoms with Gasteiger partial charge in [0.15, 0.2) is 0 Å². The van der Waals surface area contributed by atoms with Crippen molar-refractivity contribution in [2.75, 3.05) is 13.1 Å². The van der Waals surface area contributed by atoms with E-state index in [0.717, 1.165) is 31.6 Å². The zero-order chi connectivity index (χ0) is 13.4. The normalized spacial score (nSPS) is 23.6. The Morgan fingerprint density at radius 1 is 1.26 bits per heavy atom. The fourth-order valence-corrected chi connectivity index (χ4v) is 2.61. The van der Waals surface area contributed by atoms with Crippen LogP contribution >= 0.6 is 0 Å². The molecule has 0 spiro atoms. The minimum atomic E-state index is -0.811. The average molecular weight is 266 g/mol. The van der Waals surface area contributed by atoms with E-state index < -0.39 is 17.5 Å². The van der Waals surface area contributed by atoms with Crippen molar-refractivity contribution < 1.29 is 13.6 Å². The average Bonchev–Trinajstić information content (AvgIpc) is 3.10. The Morgan fingerprint density at radius 2 is 2.05 bits per heavy atom. The predicted molar refractivity (Wildman–Crippen MR) is 66.8 cm³/mol. The molecule has 2 aliphatic rings. The van der Waals surface area contributed by atoms with E-state index in [1.54, 1.807) is 0 Å². The Balaban J connectivity index is 1.61. The second-order valence-corrected chi connectivity index (χ2v) is 5.31. The van der Waals surface area contributed by atoms with Gasteiger partial charge in [-0.3, -0.25) is 9.69 Å². The highest BCUT2D eigenvalue weighted by Crippen LogP contribution is 2.29. The van der Waals surface area contributed by atoms with Gasteiger partial charge in [0, 0.05) is 31.2 Å². The zero-order valence-corrected chi connectivity index (χ0v) is 10.5. The quantitative estimate of drug-likeness (QED) is 0.906. The lowest BCUT2D eigenvalue weighted by Gasteiger charge is -2.16. The van der Waals surface area contributed by atoms with E-state index in [1.807, 2.05) is 0 Å². The van der Waals surface area contributed by atoms with Crippen LogP contribution in [-0.4, -0.2) is 36.0 Å². The summed E-state index contributed by atoms with van der Waals surface area (Å²) in [5.74, 6) is -1.94. The first kappa shape index (κ1) is 12.5. The number of benzene rings is 1. The number of nitrogens with zero attached hydrogens (tertiary/aromatic N) is 1. The maximum atomic E-state index is 13.5. The molecule has 0 radical (unpaired) electrons. The molecule has 1 aromatic rings. The van der Waals surface area contributed by atoms with Crippen molar-refractivity contribution in [3.63, 3.8) is 0 Å². The minimum Gasteiger partial charge on any atom is -0.348 e. The fraction of sp³-hybridized carbons (Fsp3) is 0.500. The van der Waals surface area contributed by atoms with Crippen LogP contribution in [0.3, 0.4) is 0 Å². The van der Waals surface area contributed by atoms with Gasteiger partial charge < -0.3 is 5.32 Å². The number of carbonyl (C=O) groups is 1. The van der Waals surface area contributed by atoms with E-state index >= 15 is 0 Å². The van der Waals surface area contributed by atoms with Crippen molar-refractivity contribution in [3.05, 3.63) is 35.4 Å². The van der Waals surface area contributed by atoms with Gasteiger partial charge in [-0.2, -0.15) is 0 Å². The maximum absolute atomic E-state index is 13.5. The molecule has 1 aromatic carbocycles. The third-order valence-electron chi connectivity index (χ3n) is 3.79. The summed E-state index contributed by atoms with van der Waals surface area (Å²) in [5.41, 5.74) is -0.0914. The highest BCUT2D eigenvalue weighted by atomic mass is 19.1. The van der Waals surface area contributed by atoms with E-state index in [9.17, 15) is 13.6 Å². The molecule has 1 atom stereocenters. The van der Waals surface area contributed by atoms with Gasteiger partial charge in [-0.15, -0.1) is 0 Å². The third-order valence-corrected chi connectivity index (χ3v) is 3.79. The van der Waals surface area contributed by atoms with Crippen LogP contribution in [0.25, 0.3) is 0 Å². The lowest BCUT2D eigenvalue weighted by molar-refractivity contribution is 0.0933. The first-order chi connectivity index (χ1) is 9.13. The Labute approximate surface area is 110 Å². The van der Waals surface area contributed by atoms with Crippen molar-refractivity contribution in [1.82, 2.24) is 10.2 Å². The number of amides is 1. The molecule has 1 N–H and O–H groups in total. The SMILES string of the molecule is O=C(NC1CCN(C2CC2)C1)c1ccc(F)cc1F. The number of hydrogen-bond donors (Lipinski definition) is 1. The van der Waals surface area contributed by atoms with Gasteiger partial charge in [0.25, 0.3) is 5.91 Å². The predicted octanol–water partition coefficient (Wildman–Crippen LogP) is 1.93. The molecule has 1 saturated carbocycles. The van der Waals surface area contributed by atoms with Crippen LogP contribution in [0, 0.1) is 11.6 Å². The lowest BCUT2D eigenvalue weighted by Crippen LogP contribution is -2.37. The zero-order valence-electron chi connectivity index (χ0n) is 10.5. The van der Waals surface area contributed by atoms with Crippen LogP contribution in [0.2, 0.25) is 0 Å². The molecule has 0 aromatic heterocycles. The summed E-state index contributed by atoms with van der Waals surface area (Å²) in [6, 6.07) is 3.78. The van der Waals surface area contributed by atoms with Crippen LogP contribution in [-0.2, 0) is 0 Å². The van der Waals surface area contributed by atoms with E-state index in [-0.39, 0.29) is 11.6 Å². The highest BCUT2D eigenvalue weighted by Gasteiger charge is 2.34. The van der Waals surface area contributed by atoms with Crippen molar-refractivity contribution in [3.8, 4) is 0 Å². The maximum Gasteiger partial charge on any atom is 0.254 e. The van der Waals surface area contributed by atoms with Crippen LogP contribution < -0.4 is 5.32 Å². The number of hydrogen-bond acceptors (Lipinski definition) is 2. The number of carbonyl (C=O) groups excluding carboxylic acids is 1. The van der Waals surface area contributed by atoms with Gasteiger partial charge in [0.05, 0.1) is 5.56 Å². The lowest BCUT2D eigenvalue weighted by atomic mass is 10.1. The van der Waals surface area contributed by atoms with Crippen LogP contribution in [0.15, 0.2) is 18.2 Å². The molecule has 1 aliphatic heterocycles. The largest absolute Gasteiger partial charge is 0.348 e. The molecule has 1 aliphatic carbocycles. The van der Waals surface area contributed by atoms with Gasteiger partial charge in [-0.05, 0) is 31.4 Å². The van der Waals surface area contributed by atoms with E-state index in [1.165, 1.54) is 18.9 Å². The second-order valence-electron chi connectivity index (χ2n) is 5.31. The summed E-state index contributed by atoms with van der Waals surface area (Å²) in [6.45, 7) is 1.82. The van der Waals surface area contributed by atoms with Gasteiger partial charge in [-0.1, -0.05) is 0 Å². The van der Waals surface area contributed by atoms with Crippen LogP contribution in [0.5, 0.6) is 0 Å². The molecule has 102 valence electrons. The topological polar surface area (TPSA) is 32.3 Å². The minimum absolute atomic E-state index is 0.0672. The molecule has 1 heterocycles. The summed E-state index contributed by atoms with van der Waals surface area (Å²) < 4.78 is 26.3. The standard InChI is InChI=1S/C14H16F2N2O/c15-9-1-4-12(13(16)7-9)14(19)17-10-5-6-18(8-10)11-2-3-11/h1,4,7,10-11H,2-3,5-6,8H2,(H,17,19). The summed E-state index contributed by atoms with van der Waals surface area (Å²) in [6.07, 6.45) is 3.38. The molecule has 3 rings (SSSR count). The van der Waals surface area contributed by atoms with Gasteiger partial charge >= 0.3 is 0 Å². The number of halogens is 2. The third kappa shape index (κ3) is 2.76. The summed E-state index contributed by atoms with van der Waals surface area (Å²) >= 11 is 0. The molecule has 0 bridgehead atoms. The smallest absolute Gasteiger partial charge is 0.254 e. The Morgan fingerprint density at radius 3 is 2.74 bits per heavy atom. The summed E-state index contributed by atoms with van der Waals surface area (Å²) in [5, 5.41) is 2.83. The van der Waals surface area contributed by atoms with Crippen LogP contribution in [0.1, 0.15) is 29.6 Å². The fourth-order valence-electron chi connectivity index (χ4n) is 2.61. The molecule has 1 amide bonds. The molecule has 2 fully saturated rings. The van der Waals surface area contributed by atoms with Crippen molar-refractivity contribution in [2.24, 2.45) is 0 Å². The number of nitrogens with one attached hydrogen (secondary N) is 1. The first-order valence-corrected chi connectivity index (χ1v) is 6.63. The Kier molecular flexibility index (Phi) is 3.22. The van der Waals surface area contributed by atoms with Crippen molar-refractivity contribution in [2.45, 2.75) is 31.3 Å². The number of rotatable bonds is 3. The summed E-state index contributed by atoms with van der Waals surface area (Å²) in [7, 11) is 0.